The summed E-state index contributed by atoms with van der Waals surface area (Å²) < 4.78 is 6.33. The molecule has 0 spiro atoms. The van der Waals surface area contributed by atoms with Crippen molar-refractivity contribution in [1.29, 1.82) is 5.26 Å². The van der Waals surface area contributed by atoms with Gasteiger partial charge in [0.15, 0.2) is 0 Å². The third-order valence-electron chi connectivity index (χ3n) is 3.73. The van der Waals surface area contributed by atoms with E-state index in [1.807, 2.05) is 37.3 Å². The maximum absolute atomic E-state index is 8.83. The van der Waals surface area contributed by atoms with E-state index in [0.29, 0.717) is 5.56 Å². The van der Waals surface area contributed by atoms with Gasteiger partial charge >= 0.3 is 0 Å². The number of rotatable bonds is 3. The topological polar surface area (TPSA) is 33.0 Å². The zero-order chi connectivity index (χ0) is 14.7. The van der Waals surface area contributed by atoms with Gasteiger partial charge in [0, 0.05) is 5.56 Å². The molecule has 0 atom stereocenters. The number of nitrogens with zero attached hydrogens (tertiary/aromatic N) is 1. The van der Waals surface area contributed by atoms with Crippen molar-refractivity contribution in [2.24, 2.45) is 0 Å². The van der Waals surface area contributed by atoms with Crippen molar-refractivity contribution < 1.29 is 4.43 Å². The summed E-state index contributed by atoms with van der Waals surface area (Å²) in [5.74, 6) is 0.913. The first-order valence-corrected chi connectivity index (χ1v) is 9.48. The molecule has 19 heavy (non-hydrogen) atoms. The van der Waals surface area contributed by atoms with Gasteiger partial charge in [-0.2, -0.15) is 5.26 Å². The fourth-order valence-corrected chi connectivity index (χ4v) is 2.51. The summed E-state index contributed by atoms with van der Waals surface area (Å²) in [6, 6.07) is 9.68. The Bertz CT molecular complexity index is 501. The molecule has 1 rings (SSSR count). The second kappa shape index (κ2) is 5.62. The average molecular weight is 273 g/mol. The Kier molecular flexibility index (Phi) is 4.59. The Morgan fingerprint density at radius 3 is 2.11 bits per heavy atom. The molecule has 0 bridgehead atoms. The lowest BCUT2D eigenvalue weighted by atomic mass is 10.1. The molecular weight excluding hydrogens is 250 g/mol. The maximum atomic E-state index is 8.83. The zero-order valence-electron chi connectivity index (χ0n) is 12.7. The van der Waals surface area contributed by atoms with E-state index in [-0.39, 0.29) is 5.04 Å². The summed E-state index contributed by atoms with van der Waals surface area (Å²) in [5, 5.41) is 9.00. The van der Waals surface area contributed by atoms with Crippen LogP contribution in [0.5, 0.6) is 0 Å². The molecule has 0 N–H and O–H groups in total. The predicted octanol–water partition coefficient (Wildman–Crippen LogP) is 4.94. The van der Waals surface area contributed by atoms with Crippen LogP contribution in [0.25, 0.3) is 5.76 Å². The number of hydrogen-bond donors (Lipinski definition) is 0. The number of nitriles is 1. The molecule has 0 aliphatic rings. The van der Waals surface area contributed by atoms with Gasteiger partial charge in [-0.3, -0.25) is 0 Å². The van der Waals surface area contributed by atoms with Gasteiger partial charge in [-0.25, -0.2) is 0 Å². The van der Waals surface area contributed by atoms with Crippen molar-refractivity contribution in [2.75, 3.05) is 0 Å². The number of hydrogen-bond acceptors (Lipinski definition) is 2. The van der Waals surface area contributed by atoms with E-state index >= 15 is 0 Å². The monoisotopic (exact) mass is 273 g/mol. The van der Waals surface area contributed by atoms with Gasteiger partial charge in [-0.05, 0) is 43.3 Å². The molecule has 0 saturated carbocycles. The van der Waals surface area contributed by atoms with E-state index in [1.165, 1.54) is 0 Å². The van der Waals surface area contributed by atoms with E-state index < -0.39 is 8.32 Å². The normalized spacial score (nSPS) is 13.0. The number of allylic oxidation sites excluding steroid dienone is 1. The highest BCUT2D eigenvalue weighted by Crippen LogP contribution is 2.39. The molecule has 0 saturated heterocycles. The summed E-state index contributed by atoms with van der Waals surface area (Å²) >= 11 is 0. The van der Waals surface area contributed by atoms with Crippen molar-refractivity contribution in [3.05, 3.63) is 41.5 Å². The van der Waals surface area contributed by atoms with Crippen LogP contribution in [-0.4, -0.2) is 8.32 Å². The second-order valence-electron chi connectivity index (χ2n) is 6.20. The maximum Gasteiger partial charge on any atom is 0.250 e. The first kappa shape index (κ1) is 15.5. The van der Waals surface area contributed by atoms with E-state index in [0.717, 1.165) is 11.3 Å². The van der Waals surface area contributed by atoms with Gasteiger partial charge in [0.1, 0.15) is 5.76 Å². The summed E-state index contributed by atoms with van der Waals surface area (Å²) in [6.07, 6.45) is 2.00. The lowest BCUT2D eigenvalue weighted by Crippen LogP contribution is -2.40. The summed E-state index contributed by atoms with van der Waals surface area (Å²) in [6.45, 7) is 13.1. The molecule has 1 aromatic carbocycles. The highest BCUT2D eigenvalue weighted by atomic mass is 28.4. The fraction of sp³-hybridized carbons (Fsp3) is 0.438. The summed E-state index contributed by atoms with van der Waals surface area (Å²) in [4.78, 5) is 0. The van der Waals surface area contributed by atoms with Crippen LogP contribution in [0, 0.1) is 11.3 Å². The Balaban J connectivity index is 3.00. The lowest BCUT2D eigenvalue weighted by Gasteiger charge is -2.37. The van der Waals surface area contributed by atoms with Crippen LogP contribution >= 0.6 is 0 Å². The Morgan fingerprint density at radius 2 is 1.74 bits per heavy atom. The second-order valence-corrected chi connectivity index (χ2v) is 10.9. The van der Waals surface area contributed by atoms with Gasteiger partial charge in [-0.1, -0.05) is 32.9 Å². The van der Waals surface area contributed by atoms with Crippen LogP contribution in [0.1, 0.15) is 38.8 Å². The molecule has 0 radical (unpaired) electrons. The molecule has 0 aliphatic carbocycles. The van der Waals surface area contributed by atoms with E-state index in [9.17, 15) is 0 Å². The molecule has 1 aromatic rings. The van der Waals surface area contributed by atoms with Crippen LogP contribution in [-0.2, 0) is 4.43 Å². The van der Waals surface area contributed by atoms with Crippen LogP contribution in [0.15, 0.2) is 30.3 Å². The van der Waals surface area contributed by atoms with Crippen LogP contribution in [0.3, 0.4) is 0 Å². The highest BCUT2D eigenvalue weighted by Gasteiger charge is 2.39. The van der Waals surface area contributed by atoms with E-state index in [1.54, 1.807) is 0 Å². The molecule has 0 aromatic heterocycles. The largest absolute Gasteiger partial charge is 0.543 e. The molecule has 0 heterocycles. The predicted molar refractivity (Wildman–Crippen MR) is 83.1 cm³/mol. The van der Waals surface area contributed by atoms with Crippen LogP contribution < -0.4 is 0 Å². The van der Waals surface area contributed by atoms with Crippen molar-refractivity contribution in [3.8, 4) is 6.07 Å². The molecular formula is C16H23NOSi. The van der Waals surface area contributed by atoms with Gasteiger partial charge < -0.3 is 4.43 Å². The minimum absolute atomic E-state index is 0.174. The summed E-state index contributed by atoms with van der Waals surface area (Å²) in [7, 11) is -1.83. The first-order chi connectivity index (χ1) is 8.71. The van der Waals surface area contributed by atoms with Crippen molar-refractivity contribution in [3.63, 3.8) is 0 Å². The Labute approximate surface area is 117 Å². The summed E-state index contributed by atoms with van der Waals surface area (Å²) in [5.41, 5.74) is 1.71. The van der Waals surface area contributed by atoms with Gasteiger partial charge in [-0.15, -0.1) is 0 Å². The molecule has 2 nitrogen and oxygen atoms in total. The van der Waals surface area contributed by atoms with E-state index in [4.69, 9.17) is 9.69 Å². The third-order valence-corrected chi connectivity index (χ3v) is 8.07. The first-order valence-electron chi connectivity index (χ1n) is 6.57. The molecule has 0 fully saturated rings. The van der Waals surface area contributed by atoms with Crippen molar-refractivity contribution in [2.45, 2.75) is 45.8 Å². The lowest BCUT2D eigenvalue weighted by molar-refractivity contribution is 0.457. The average Bonchev–Trinajstić information content (AvgIpc) is 2.35. The molecule has 0 aliphatic heterocycles. The molecule has 102 valence electrons. The van der Waals surface area contributed by atoms with Crippen LogP contribution in [0.4, 0.5) is 0 Å². The molecule has 0 amide bonds. The zero-order valence-corrected chi connectivity index (χ0v) is 13.7. The SMILES string of the molecule is C/C=C(\O[Si](C)(C)C(C)(C)C)c1ccc(C#N)cc1. The van der Waals surface area contributed by atoms with Crippen molar-refractivity contribution in [1.82, 2.24) is 0 Å². The molecule has 3 heteroatoms. The van der Waals surface area contributed by atoms with E-state index in [2.05, 4.69) is 39.9 Å². The third kappa shape index (κ3) is 3.71. The highest BCUT2D eigenvalue weighted by molar-refractivity contribution is 6.74. The molecule has 0 unspecified atom stereocenters. The van der Waals surface area contributed by atoms with Crippen molar-refractivity contribution >= 4 is 14.1 Å². The smallest absolute Gasteiger partial charge is 0.250 e. The standard InChI is InChI=1S/C16H23NOSi/c1-7-15(18-19(5,6)16(2,3)4)14-10-8-13(12-17)9-11-14/h7-11H,1-6H3/b15-7-. The fourth-order valence-electron chi connectivity index (χ4n) is 1.42. The Morgan fingerprint density at radius 1 is 1.21 bits per heavy atom. The number of benzene rings is 1. The quantitative estimate of drug-likeness (QED) is 0.577. The Hall–Kier alpha value is -1.53. The van der Waals surface area contributed by atoms with Gasteiger partial charge in [0.25, 0.3) is 0 Å². The van der Waals surface area contributed by atoms with Gasteiger partial charge in [0.2, 0.25) is 8.32 Å². The van der Waals surface area contributed by atoms with Crippen LogP contribution in [0.2, 0.25) is 18.1 Å². The minimum atomic E-state index is -1.83. The van der Waals surface area contributed by atoms with Gasteiger partial charge in [0.05, 0.1) is 11.6 Å². The minimum Gasteiger partial charge on any atom is -0.543 e.